The van der Waals surface area contributed by atoms with Crippen molar-refractivity contribution in [2.75, 3.05) is 23.7 Å². The van der Waals surface area contributed by atoms with Crippen LogP contribution in [0.15, 0.2) is 42.5 Å². The van der Waals surface area contributed by atoms with E-state index in [0.717, 1.165) is 29.4 Å². The van der Waals surface area contributed by atoms with Gasteiger partial charge in [0, 0.05) is 13.1 Å². The Hall–Kier alpha value is -2.86. The van der Waals surface area contributed by atoms with Crippen LogP contribution in [0.1, 0.15) is 31.9 Å². The van der Waals surface area contributed by atoms with Crippen LogP contribution < -0.4 is 9.62 Å². The maximum Gasteiger partial charge on any atom is 0.416 e. The Morgan fingerprint density at radius 1 is 1.05 bits per heavy atom. The first kappa shape index (κ1) is 30.4. The van der Waals surface area contributed by atoms with Gasteiger partial charge in [0.2, 0.25) is 21.8 Å². The molecular formula is C24H28ClF4N3O4S. The Bertz CT molecular complexity index is 1220. The molecule has 0 radical (unpaired) electrons. The smallest absolute Gasteiger partial charge is 0.354 e. The highest BCUT2D eigenvalue weighted by molar-refractivity contribution is 7.92. The van der Waals surface area contributed by atoms with E-state index in [1.807, 2.05) is 13.8 Å². The summed E-state index contributed by atoms with van der Waals surface area (Å²) in [7, 11) is -4.29. The summed E-state index contributed by atoms with van der Waals surface area (Å²) in [5.41, 5.74) is -1.25. The van der Waals surface area contributed by atoms with E-state index in [1.165, 1.54) is 19.1 Å². The van der Waals surface area contributed by atoms with Crippen molar-refractivity contribution in [2.24, 2.45) is 5.92 Å². The molecule has 7 nitrogen and oxygen atoms in total. The molecule has 37 heavy (non-hydrogen) atoms. The van der Waals surface area contributed by atoms with Crippen molar-refractivity contribution >= 4 is 39.1 Å². The maximum atomic E-state index is 13.4. The van der Waals surface area contributed by atoms with E-state index in [2.05, 4.69) is 5.32 Å². The molecule has 0 aliphatic heterocycles. The lowest BCUT2D eigenvalue weighted by Crippen LogP contribution is -2.51. The maximum absolute atomic E-state index is 13.4. The van der Waals surface area contributed by atoms with Crippen molar-refractivity contribution < 1.29 is 35.6 Å². The van der Waals surface area contributed by atoms with Crippen molar-refractivity contribution in [3.63, 3.8) is 0 Å². The number of halogens is 5. The van der Waals surface area contributed by atoms with Crippen LogP contribution in [-0.4, -0.2) is 50.5 Å². The molecule has 2 aromatic rings. The molecule has 204 valence electrons. The molecule has 2 aromatic carbocycles. The predicted molar refractivity (Wildman–Crippen MR) is 133 cm³/mol. The summed E-state index contributed by atoms with van der Waals surface area (Å²) in [4.78, 5) is 27.3. The van der Waals surface area contributed by atoms with Crippen LogP contribution in [0.3, 0.4) is 0 Å². The second-order valence-corrected chi connectivity index (χ2v) is 11.2. The van der Waals surface area contributed by atoms with Crippen molar-refractivity contribution in [1.82, 2.24) is 10.2 Å². The second kappa shape index (κ2) is 12.1. The summed E-state index contributed by atoms with van der Waals surface area (Å²) in [6.07, 6.45) is -4.07. The number of hydrogen-bond acceptors (Lipinski definition) is 4. The van der Waals surface area contributed by atoms with Crippen LogP contribution in [0.25, 0.3) is 0 Å². The minimum absolute atomic E-state index is 0.112. The van der Waals surface area contributed by atoms with Gasteiger partial charge >= 0.3 is 6.18 Å². The third-order valence-corrected chi connectivity index (χ3v) is 6.79. The number of benzene rings is 2. The number of carbonyl (C=O) groups excluding carboxylic acids is 2. The summed E-state index contributed by atoms with van der Waals surface area (Å²) < 4.78 is 78.9. The summed E-state index contributed by atoms with van der Waals surface area (Å²) >= 11 is 6.04. The fraction of sp³-hybridized carbons (Fsp3) is 0.417. The van der Waals surface area contributed by atoms with Gasteiger partial charge in [0.1, 0.15) is 18.4 Å². The lowest BCUT2D eigenvalue weighted by molar-refractivity contribution is -0.139. The normalized spacial score (nSPS) is 12.8. The van der Waals surface area contributed by atoms with Crippen molar-refractivity contribution in [3.05, 3.63) is 64.4 Å². The van der Waals surface area contributed by atoms with Gasteiger partial charge in [0.25, 0.3) is 0 Å². The van der Waals surface area contributed by atoms with Crippen LogP contribution in [0.2, 0.25) is 5.02 Å². The van der Waals surface area contributed by atoms with Crippen LogP contribution >= 0.6 is 11.6 Å². The number of sulfonamides is 1. The Balaban J connectivity index is 2.47. The van der Waals surface area contributed by atoms with Gasteiger partial charge in [0.05, 0.1) is 22.5 Å². The fourth-order valence-corrected chi connectivity index (χ4v) is 4.42. The van der Waals surface area contributed by atoms with Crippen molar-refractivity contribution in [3.8, 4) is 0 Å². The molecule has 2 rings (SSSR count). The van der Waals surface area contributed by atoms with Gasteiger partial charge in [0.15, 0.2) is 0 Å². The quantitative estimate of drug-likeness (QED) is 0.431. The van der Waals surface area contributed by atoms with E-state index in [1.54, 1.807) is 0 Å². The lowest BCUT2D eigenvalue weighted by atomic mass is 10.1. The highest BCUT2D eigenvalue weighted by Crippen LogP contribution is 2.36. The average molecular weight is 566 g/mol. The topological polar surface area (TPSA) is 86.8 Å². The number of rotatable bonds is 10. The van der Waals surface area contributed by atoms with Crippen LogP contribution in [0, 0.1) is 11.7 Å². The average Bonchev–Trinajstić information content (AvgIpc) is 2.79. The Morgan fingerprint density at radius 2 is 1.65 bits per heavy atom. The summed E-state index contributed by atoms with van der Waals surface area (Å²) in [6, 6.07) is 6.14. The molecule has 0 unspecified atom stereocenters. The standard InChI is InChI=1S/C24H28ClF4N3O4S/c1-15(2)12-30-23(34)16(3)31(13-17-5-8-19(26)9-6-17)22(33)14-32(37(4,35)36)21-11-18(24(27,28)29)7-10-20(21)25/h5-11,15-16H,12-14H2,1-4H3,(H,30,34)/t16-/m0/s1. The minimum Gasteiger partial charge on any atom is -0.354 e. The number of hydrogen-bond donors (Lipinski definition) is 1. The molecule has 0 aliphatic carbocycles. The predicted octanol–water partition coefficient (Wildman–Crippen LogP) is 4.45. The summed E-state index contributed by atoms with van der Waals surface area (Å²) in [5, 5.41) is 2.37. The second-order valence-electron chi connectivity index (χ2n) is 8.90. The van der Waals surface area contributed by atoms with Crippen LogP contribution in [0.5, 0.6) is 0 Å². The van der Waals surface area contributed by atoms with Crippen molar-refractivity contribution in [2.45, 2.75) is 39.5 Å². The molecule has 0 aromatic heterocycles. The number of alkyl halides is 3. The van der Waals surface area contributed by atoms with Crippen LogP contribution in [0.4, 0.5) is 23.2 Å². The van der Waals surface area contributed by atoms with Crippen molar-refractivity contribution in [1.29, 1.82) is 0 Å². The molecule has 0 saturated heterocycles. The Kier molecular flexibility index (Phi) is 9.95. The van der Waals surface area contributed by atoms with Gasteiger partial charge in [-0.3, -0.25) is 13.9 Å². The molecule has 1 N–H and O–H groups in total. The first-order valence-electron chi connectivity index (χ1n) is 11.2. The number of carbonyl (C=O) groups is 2. The third kappa shape index (κ3) is 8.60. The van der Waals surface area contributed by atoms with E-state index in [9.17, 15) is 35.6 Å². The van der Waals surface area contributed by atoms with Crippen LogP contribution in [-0.2, 0) is 32.3 Å². The van der Waals surface area contributed by atoms with Gasteiger partial charge < -0.3 is 10.2 Å². The SMILES string of the molecule is CC(C)CNC(=O)[C@H](C)N(Cc1ccc(F)cc1)C(=O)CN(c1cc(C(F)(F)F)ccc1Cl)S(C)(=O)=O. The summed E-state index contributed by atoms with van der Waals surface area (Å²) in [6.45, 7) is 4.37. The molecule has 0 aliphatic rings. The monoisotopic (exact) mass is 565 g/mol. The third-order valence-electron chi connectivity index (χ3n) is 5.34. The molecule has 1 atom stereocenters. The lowest BCUT2D eigenvalue weighted by Gasteiger charge is -2.32. The molecule has 0 bridgehead atoms. The Labute approximate surface area is 218 Å². The molecule has 0 fully saturated rings. The zero-order chi connectivity index (χ0) is 28.1. The van der Waals surface area contributed by atoms with Gasteiger partial charge in [-0.25, -0.2) is 12.8 Å². The van der Waals surface area contributed by atoms with E-state index in [0.29, 0.717) is 28.5 Å². The number of nitrogens with one attached hydrogen (secondary N) is 1. The molecule has 13 heteroatoms. The van der Waals surface area contributed by atoms with E-state index >= 15 is 0 Å². The number of anilines is 1. The summed E-state index contributed by atoms with van der Waals surface area (Å²) in [5.74, 6) is -1.81. The molecule has 0 heterocycles. The number of nitrogens with zero attached hydrogens (tertiary/aromatic N) is 2. The fourth-order valence-electron chi connectivity index (χ4n) is 3.30. The highest BCUT2D eigenvalue weighted by Gasteiger charge is 2.34. The van der Waals surface area contributed by atoms with Gasteiger partial charge in [-0.05, 0) is 48.7 Å². The minimum atomic E-state index is -4.79. The molecular weight excluding hydrogens is 538 g/mol. The molecule has 0 saturated carbocycles. The zero-order valence-electron chi connectivity index (χ0n) is 20.6. The van der Waals surface area contributed by atoms with E-state index < -0.39 is 57.7 Å². The van der Waals surface area contributed by atoms with E-state index in [-0.39, 0.29) is 17.5 Å². The molecule has 2 amide bonds. The van der Waals surface area contributed by atoms with E-state index in [4.69, 9.17) is 11.6 Å². The van der Waals surface area contributed by atoms with Gasteiger partial charge in [-0.15, -0.1) is 0 Å². The first-order valence-corrected chi connectivity index (χ1v) is 13.4. The molecule has 0 spiro atoms. The van der Waals surface area contributed by atoms with Gasteiger partial charge in [-0.1, -0.05) is 37.6 Å². The first-order chi connectivity index (χ1) is 17.0. The number of amides is 2. The highest BCUT2D eigenvalue weighted by atomic mass is 35.5. The van der Waals surface area contributed by atoms with Gasteiger partial charge in [-0.2, -0.15) is 13.2 Å². The Morgan fingerprint density at radius 3 is 2.16 bits per heavy atom. The largest absolute Gasteiger partial charge is 0.416 e. The zero-order valence-corrected chi connectivity index (χ0v) is 22.2.